The van der Waals surface area contributed by atoms with Crippen molar-refractivity contribution in [2.75, 3.05) is 0 Å². The molecule has 140 valence electrons. The van der Waals surface area contributed by atoms with Crippen LogP contribution in [0.1, 0.15) is 47.2 Å². The Morgan fingerprint density at radius 2 is 1.26 bits per heavy atom. The molecule has 2 aliphatic rings. The highest BCUT2D eigenvalue weighted by Crippen LogP contribution is 2.51. The molecule has 4 rings (SSSR count). The summed E-state index contributed by atoms with van der Waals surface area (Å²) in [5, 5.41) is 1.63. The predicted octanol–water partition coefficient (Wildman–Crippen LogP) is 6.72. The Morgan fingerprint density at radius 1 is 0.667 bits per heavy atom. The van der Waals surface area contributed by atoms with Crippen molar-refractivity contribution in [3.63, 3.8) is 0 Å². The van der Waals surface area contributed by atoms with E-state index in [2.05, 4.69) is 101 Å². The highest BCUT2D eigenvalue weighted by molar-refractivity contribution is 6.89. The van der Waals surface area contributed by atoms with E-state index < -0.39 is 16.1 Å². The number of fused-ring (bicyclic) bond motifs is 2. The molecule has 0 radical (unpaired) electrons. The minimum atomic E-state index is -1.67. The Hall–Kier alpha value is -1.65. The molecule has 2 unspecified atom stereocenters. The minimum Gasteiger partial charge on any atom is -0.0679 e. The van der Waals surface area contributed by atoms with Crippen LogP contribution in [0.5, 0.6) is 0 Å². The molecular weight excluding hydrogens is 356 g/mol. The second kappa shape index (κ2) is 6.18. The van der Waals surface area contributed by atoms with Crippen molar-refractivity contribution in [3.8, 4) is 0 Å². The summed E-state index contributed by atoms with van der Waals surface area (Å²) in [4.78, 5) is 0. The molecule has 2 heteroatoms. The SMILES string of the molecule is CC1=Cc2ccccc2C1[Si](C)(C)C1C(C)=Cc2c1cccc2[Si](C)(C)C. The first kappa shape index (κ1) is 18.7. The fourth-order valence-corrected chi connectivity index (χ4v) is 12.4. The summed E-state index contributed by atoms with van der Waals surface area (Å²) in [6.45, 7) is 17.4. The lowest BCUT2D eigenvalue weighted by atomic mass is 10.1. The Morgan fingerprint density at radius 3 is 1.96 bits per heavy atom. The zero-order valence-electron chi connectivity index (χ0n) is 17.9. The van der Waals surface area contributed by atoms with Gasteiger partial charge in [0.05, 0.1) is 16.1 Å². The zero-order valence-corrected chi connectivity index (χ0v) is 19.9. The molecule has 0 saturated carbocycles. The summed E-state index contributed by atoms with van der Waals surface area (Å²) in [6.07, 6.45) is 4.96. The molecule has 0 aromatic heterocycles. The molecule has 0 aliphatic heterocycles. The lowest BCUT2D eigenvalue weighted by Gasteiger charge is -2.39. The first-order valence-corrected chi connectivity index (χ1v) is 16.9. The molecule has 0 nitrogen and oxygen atoms in total. The van der Waals surface area contributed by atoms with Crippen LogP contribution >= 0.6 is 0 Å². The van der Waals surface area contributed by atoms with E-state index in [1.54, 1.807) is 33.0 Å². The van der Waals surface area contributed by atoms with Gasteiger partial charge >= 0.3 is 0 Å². The Bertz CT molecular complexity index is 970. The standard InChI is InChI=1S/C25H32Si2/c1-17-15-19-11-8-9-12-20(19)24(17)27(6,7)25-18(2)16-22-21(25)13-10-14-23(22)26(3,4)5/h8-16,24-25H,1-7H3. The van der Waals surface area contributed by atoms with Crippen LogP contribution in [0.25, 0.3) is 12.2 Å². The molecular formula is C25H32Si2. The Labute approximate surface area is 167 Å². The molecule has 0 N–H and O–H groups in total. The highest BCUT2D eigenvalue weighted by Gasteiger charge is 2.47. The number of hydrogen-bond acceptors (Lipinski definition) is 0. The van der Waals surface area contributed by atoms with Gasteiger partial charge in [0.25, 0.3) is 0 Å². The van der Waals surface area contributed by atoms with Gasteiger partial charge in [0.2, 0.25) is 0 Å². The average Bonchev–Trinajstić information content (AvgIpc) is 3.09. The minimum absolute atomic E-state index is 0.614. The monoisotopic (exact) mass is 388 g/mol. The summed E-state index contributed by atoms with van der Waals surface area (Å²) in [7, 11) is -3.02. The van der Waals surface area contributed by atoms with Crippen LogP contribution in [0.4, 0.5) is 0 Å². The Balaban J connectivity index is 1.85. The van der Waals surface area contributed by atoms with Gasteiger partial charge in [0.1, 0.15) is 0 Å². The zero-order chi connectivity index (χ0) is 19.6. The quantitative estimate of drug-likeness (QED) is 0.512. The van der Waals surface area contributed by atoms with Crippen LogP contribution in [0.3, 0.4) is 0 Å². The van der Waals surface area contributed by atoms with Crippen molar-refractivity contribution >= 4 is 33.5 Å². The first-order chi connectivity index (χ1) is 12.6. The van der Waals surface area contributed by atoms with Crippen molar-refractivity contribution in [3.05, 3.63) is 75.9 Å². The van der Waals surface area contributed by atoms with Gasteiger partial charge in [-0.25, -0.2) is 0 Å². The van der Waals surface area contributed by atoms with Gasteiger partial charge in [-0.3, -0.25) is 0 Å². The van der Waals surface area contributed by atoms with E-state index in [-0.39, 0.29) is 0 Å². The van der Waals surface area contributed by atoms with Gasteiger partial charge in [-0.2, -0.15) is 0 Å². The molecule has 0 fully saturated rings. The van der Waals surface area contributed by atoms with Gasteiger partial charge < -0.3 is 0 Å². The molecule has 0 bridgehead atoms. The van der Waals surface area contributed by atoms with Crippen LogP contribution < -0.4 is 5.19 Å². The number of benzene rings is 2. The number of rotatable bonds is 3. The van der Waals surface area contributed by atoms with E-state index >= 15 is 0 Å². The van der Waals surface area contributed by atoms with E-state index in [9.17, 15) is 0 Å². The van der Waals surface area contributed by atoms with E-state index in [0.717, 1.165) is 0 Å². The third-order valence-corrected chi connectivity index (χ3v) is 13.3. The van der Waals surface area contributed by atoms with Crippen LogP contribution in [0.15, 0.2) is 53.6 Å². The normalized spacial score (nSPS) is 21.6. The summed E-state index contributed by atoms with van der Waals surface area (Å²) in [6, 6.07) is 16.2. The molecule has 2 aromatic carbocycles. The second-order valence-electron chi connectivity index (χ2n) is 10.2. The Kier molecular flexibility index (Phi) is 4.28. The molecule has 0 spiro atoms. The third kappa shape index (κ3) is 2.85. The average molecular weight is 389 g/mol. The van der Waals surface area contributed by atoms with Gasteiger partial charge in [0.15, 0.2) is 0 Å². The third-order valence-electron chi connectivity index (χ3n) is 6.72. The maximum atomic E-state index is 2.62. The topological polar surface area (TPSA) is 0 Å². The van der Waals surface area contributed by atoms with Crippen molar-refractivity contribution in [2.45, 2.75) is 57.7 Å². The summed E-state index contributed by atoms with van der Waals surface area (Å²) >= 11 is 0. The second-order valence-corrected chi connectivity index (χ2v) is 20.0. The van der Waals surface area contributed by atoms with Gasteiger partial charge in [-0.15, -0.1) is 0 Å². The smallest absolute Gasteiger partial charge is 0.0679 e. The predicted molar refractivity (Wildman–Crippen MR) is 126 cm³/mol. The van der Waals surface area contributed by atoms with Gasteiger partial charge in [-0.1, -0.05) is 104 Å². The van der Waals surface area contributed by atoms with Crippen LogP contribution in [-0.2, 0) is 0 Å². The van der Waals surface area contributed by atoms with Crippen molar-refractivity contribution in [2.24, 2.45) is 0 Å². The maximum absolute atomic E-state index is 2.62. The molecule has 2 atom stereocenters. The fourth-order valence-electron chi connectivity index (χ4n) is 5.83. The molecule has 0 heterocycles. The number of allylic oxidation sites excluding steroid dienone is 2. The van der Waals surface area contributed by atoms with Crippen molar-refractivity contribution < 1.29 is 0 Å². The lowest BCUT2D eigenvalue weighted by molar-refractivity contribution is 0.969. The van der Waals surface area contributed by atoms with Crippen LogP contribution in [-0.4, -0.2) is 16.1 Å². The van der Waals surface area contributed by atoms with E-state index in [4.69, 9.17) is 0 Å². The van der Waals surface area contributed by atoms with E-state index in [0.29, 0.717) is 11.1 Å². The lowest BCUT2D eigenvalue weighted by Crippen LogP contribution is -2.43. The summed E-state index contributed by atoms with van der Waals surface area (Å²) < 4.78 is 0. The molecule has 2 aliphatic carbocycles. The molecule has 27 heavy (non-hydrogen) atoms. The molecule has 0 saturated heterocycles. The van der Waals surface area contributed by atoms with Crippen LogP contribution in [0.2, 0.25) is 32.7 Å². The number of hydrogen-bond donors (Lipinski definition) is 0. The highest BCUT2D eigenvalue weighted by atomic mass is 28.3. The van der Waals surface area contributed by atoms with Gasteiger partial charge in [-0.05, 0) is 36.1 Å². The first-order valence-electron chi connectivity index (χ1n) is 10.2. The molecule has 2 aromatic rings. The fraction of sp³-hybridized carbons (Fsp3) is 0.360. The van der Waals surface area contributed by atoms with Crippen LogP contribution in [0, 0.1) is 0 Å². The van der Waals surface area contributed by atoms with Crippen molar-refractivity contribution in [1.29, 1.82) is 0 Å². The van der Waals surface area contributed by atoms with Crippen molar-refractivity contribution in [1.82, 2.24) is 0 Å². The van der Waals surface area contributed by atoms with E-state index in [1.807, 2.05) is 0 Å². The maximum Gasteiger partial charge on any atom is 0.0783 e. The molecule has 0 amide bonds. The van der Waals surface area contributed by atoms with E-state index in [1.165, 1.54) is 5.56 Å². The van der Waals surface area contributed by atoms with Gasteiger partial charge in [0, 0.05) is 11.1 Å². The summed E-state index contributed by atoms with van der Waals surface area (Å²) in [5.41, 5.74) is 10.6. The summed E-state index contributed by atoms with van der Waals surface area (Å²) in [5.74, 6) is 0. The largest absolute Gasteiger partial charge is 0.0783 e.